The Morgan fingerprint density at radius 1 is 0.975 bits per heavy atom. The SMILES string of the molecule is CCNC(=O)c1ccc(-c2c(C)nc3c(OCc4ccc(-c5ccccc5C(F)(F)F)cc4)cccn23)cn1.Cl. The predicted octanol–water partition coefficient (Wildman–Crippen LogP) is 7.14. The Morgan fingerprint density at radius 2 is 1.70 bits per heavy atom. The van der Waals surface area contributed by atoms with Crippen molar-refractivity contribution in [3.05, 3.63) is 108 Å². The second-order valence-electron chi connectivity index (χ2n) is 8.93. The van der Waals surface area contributed by atoms with Crippen molar-refractivity contribution in [2.45, 2.75) is 26.6 Å². The number of benzene rings is 2. The van der Waals surface area contributed by atoms with Gasteiger partial charge in [-0.05, 0) is 60.9 Å². The fraction of sp³-hybridized carbons (Fsp3) is 0.167. The van der Waals surface area contributed by atoms with E-state index in [1.807, 2.05) is 42.6 Å². The molecule has 0 aliphatic heterocycles. The Bertz CT molecular complexity index is 1630. The number of carbonyl (C=O) groups excluding carboxylic acids is 1. The van der Waals surface area contributed by atoms with Crippen molar-refractivity contribution in [2.24, 2.45) is 0 Å². The van der Waals surface area contributed by atoms with Gasteiger partial charge in [0.15, 0.2) is 11.4 Å². The van der Waals surface area contributed by atoms with Gasteiger partial charge in [0.1, 0.15) is 12.3 Å². The van der Waals surface area contributed by atoms with Crippen LogP contribution in [0.15, 0.2) is 85.2 Å². The van der Waals surface area contributed by atoms with Crippen LogP contribution in [0, 0.1) is 6.92 Å². The smallest absolute Gasteiger partial charge is 0.417 e. The highest BCUT2D eigenvalue weighted by molar-refractivity contribution is 5.92. The van der Waals surface area contributed by atoms with Crippen LogP contribution in [0.2, 0.25) is 0 Å². The fourth-order valence-electron chi connectivity index (χ4n) is 4.46. The van der Waals surface area contributed by atoms with Crippen molar-refractivity contribution in [3.63, 3.8) is 0 Å². The van der Waals surface area contributed by atoms with E-state index in [2.05, 4.69) is 10.3 Å². The van der Waals surface area contributed by atoms with Gasteiger partial charge in [-0.25, -0.2) is 4.98 Å². The van der Waals surface area contributed by atoms with E-state index in [1.165, 1.54) is 12.1 Å². The summed E-state index contributed by atoms with van der Waals surface area (Å²) < 4.78 is 48.2. The average molecular weight is 567 g/mol. The first kappa shape index (κ1) is 28.6. The highest BCUT2D eigenvalue weighted by atomic mass is 35.5. The molecule has 0 spiro atoms. The van der Waals surface area contributed by atoms with E-state index in [9.17, 15) is 18.0 Å². The zero-order valence-corrected chi connectivity index (χ0v) is 22.5. The third-order valence-corrected chi connectivity index (χ3v) is 6.29. The van der Waals surface area contributed by atoms with Gasteiger partial charge in [0.25, 0.3) is 5.91 Å². The number of aryl methyl sites for hydroxylation is 1. The van der Waals surface area contributed by atoms with Gasteiger partial charge in [0.2, 0.25) is 0 Å². The number of carbonyl (C=O) groups is 1. The molecule has 10 heteroatoms. The molecule has 0 bridgehead atoms. The van der Waals surface area contributed by atoms with Gasteiger partial charge in [-0.2, -0.15) is 13.2 Å². The monoisotopic (exact) mass is 566 g/mol. The molecular weight excluding hydrogens is 541 g/mol. The summed E-state index contributed by atoms with van der Waals surface area (Å²) >= 11 is 0. The van der Waals surface area contributed by atoms with Crippen molar-refractivity contribution >= 4 is 24.0 Å². The van der Waals surface area contributed by atoms with Crippen molar-refractivity contribution in [1.29, 1.82) is 0 Å². The molecule has 2 aromatic carbocycles. The lowest BCUT2D eigenvalue weighted by Crippen LogP contribution is -2.23. The molecule has 6 nitrogen and oxygen atoms in total. The van der Waals surface area contributed by atoms with E-state index in [4.69, 9.17) is 9.72 Å². The van der Waals surface area contributed by atoms with Crippen LogP contribution in [-0.4, -0.2) is 26.8 Å². The minimum atomic E-state index is -4.43. The first-order valence-electron chi connectivity index (χ1n) is 12.4. The molecule has 0 atom stereocenters. The zero-order chi connectivity index (χ0) is 27.6. The number of hydrogen-bond acceptors (Lipinski definition) is 4. The molecule has 0 saturated heterocycles. The van der Waals surface area contributed by atoms with Crippen LogP contribution in [-0.2, 0) is 12.8 Å². The van der Waals surface area contributed by atoms with Crippen LogP contribution in [0.25, 0.3) is 28.0 Å². The second-order valence-corrected chi connectivity index (χ2v) is 8.93. The summed E-state index contributed by atoms with van der Waals surface area (Å²) in [6.07, 6.45) is -0.908. The van der Waals surface area contributed by atoms with E-state index < -0.39 is 11.7 Å². The summed E-state index contributed by atoms with van der Waals surface area (Å²) in [6.45, 7) is 4.47. The first-order valence-corrected chi connectivity index (χ1v) is 12.4. The highest BCUT2D eigenvalue weighted by Crippen LogP contribution is 2.37. The summed E-state index contributed by atoms with van der Waals surface area (Å²) in [6, 6.07) is 19.5. The maximum atomic E-state index is 13.4. The van der Waals surface area contributed by atoms with Gasteiger partial charge in [0, 0.05) is 24.5 Å². The maximum Gasteiger partial charge on any atom is 0.417 e. The molecule has 0 radical (unpaired) electrons. The lowest BCUT2D eigenvalue weighted by molar-refractivity contribution is -0.137. The van der Waals surface area contributed by atoms with Crippen LogP contribution >= 0.6 is 12.4 Å². The van der Waals surface area contributed by atoms with Gasteiger partial charge in [0.05, 0.1) is 17.0 Å². The molecule has 0 aliphatic rings. The molecule has 1 amide bonds. The minimum absolute atomic E-state index is 0. The maximum absolute atomic E-state index is 13.4. The summed E-state index contributed by atoms with van der Waals surface area (Å²) in [5, 5.41) is 2.73. The van der Waals surface area contributed by atoms with Crippen molar-refractivity contribution in [2.75, 3.05) is 6.54 Å². The van der Waals surface area contributed by atoms with E-state index >= 15 is 0 Å². The Hall–Kier alpha value is -4.37. The molecule has 206 valence electrons. The van der Waals surface area contributed by atoms with E-state index in [0.29, 0.717) is 29.2 Å². The predicted molar refractivity (Wildman–Crippen MR) is 150 cm³/mol. The largest absolute Gasteiger partial charge is 0.485 e. The number of rotatable bonds is 7. The van der Waals surface area contributed by atoms with Crippen LogP contribution in [0.4, 0.5) is 13.2 Å². The number of aromatic nitrogens is 3. The van der Waals surface area contributed by atoms with Crippen molar-refractivity contribution in [1.82, 2.24) is 19.7 Å². The van der Waals surface area contributed by atoms with Gasteiger partial charge in [-0.3, -0.25) is 14.2 Å². The zero-order valence-electron chi connectivity index (χ0n) is 21.7. The van der Waals surface area contributed by atoms with Gasteiger partial charge in [-0.1, -0.05) is 42.5 Å². The number of fused-ring (bicyclic) bond motifs is 1. The fourth-order valence-corrected chi connectivity index (χ4v) is 4.46. The third-order valence-electron chi connectivity index (χ3n) is 6.29. The number of nitrogens with zero attached hydrogens (tertiary/aromatic N) is 3. The third kappa shape index (κ3) is 5.79. The molecule has 40 heavy (non-hydrogen) atoms. The van der Waals surface area contributed by atoms with E-state index in [1.54, 1.807) is 42.6 Å². The van der Waals surface area contributed by atoms with Crippen LogP contribution in [0.1, 0.15) is 34.2 Å². The molecule has 0 unspecified atom stereocenters. The molecule has 0 saturated carbocycles. The second kappa shape index (κ2) is 11.8. The van der Waals surface area contributed by atoms with Gasteiger partial charge >= 0.3 is 6.18 Å². The molecule has 1 N–H and O–H groups in total. The average Bonchev–Trinajstić information content (AvgIpc) is 3.28. The van der Waals surface area contributed by atoms with Crippen molar-refractivity contribution < 1.29 is 22.7 Å². The minimum Gasteiger partial charge on any atom is -0.485 e. The van der Waals surface area contributed by atoms with Crippen LogP contribution < -0.4 is 10.1 Å². The Balaban J connectivity index is 0.00000370. The Kier molecular flexibility index (Phi) is 8.44. The lowest BCUT2D eigenvalue weighted by atomic mass is 9.98. The summed E-state index contributed by atoms with van der Waals surface area (Å²) in [7, 11) is 0. The molecular formula is C30H26ClF3N4O2. The molecule has 0 fully saturated rings. The summed E-state index contributed by atoms with van der Waals surface area (Å²) in [5.74, 6) is 0.331. The number of halogens is 4. The first-order chi connectivity index (χ1) is 18.8. The normalized spacial score (nSPS) is 11.2. The standard InChI is InChI=1S/C30H25F3N4O2.ClH/c1-3-34-29(38)25-15-14-22(17-35-25)27-19(2)36-28-26(9-6-16-37(27)28)39-18-20-10-12-21(13-11-20)23-7-4-5-8-24(23)30(31,32)33;/h4-17H,3,18H2,1-2H3,(H,34,38);1H. The lowest BCUT2D eigenvalue weighted by Gasteiger charge is -2.13. The number of pyridine rings is 2. The molecule has 5 rings (SSSR count). The van der Waals surface area contributed by atoms with E-state index in [-0.39, 0.29) is 30.5 Å². The van der Waals surface area contributed by atoms with Gasteiger partial charge < -0.3 is 10.1 Å². The molecule has 0 aliphatic carbocycles. The number of ether oxygens (including phenoxy) is 1. The summed E-state index contributed by atoms with van der Waals surface area (Å²) in [4.78, 5) is 21.0. The Morgan fingerprint density at radius 3 is 2.38 bits per heavy atom. The van der Waals surface area contributed by atoms with Gasteiger partial charge in [-0.15, -0.1) is 12.4 Å². The Labute approximate surface area is 235 Å². The molecule has 3 heterocycles. The number of nitrogens with one attached hydrogen (secondary N) is 1. The number of alkyl halides is 3. The number of imidazole rings is 1. The van der Waals surface area contributed by atoms with Crippen molar-refractivity contribution in [3.8, 4) is 28.1 Å². The quantitative estimate of drug-likeness (QED) is 0.227. The molecule has 3 aromatic heterocycles. The number of hydrogen-bond donors (Lipinski definition) is 1. The summed E-state index contributed by atoms with van der Waals surface area (Å²) in [5.41, 5.74) is 4.12. The van der Waals surface area contributed by atoms with E-state index in [0.717, 1.165) is 28.6 Å². The van der Waals surface area contributed by atoms with Crippen LogP contribution in [0.3, 0.4) is 0 Å². The highest BCUT2D eigenvalue weighted by Gasteiger charge is 2.33. The van der Waals surface area contributed by atoms with Crippen LogP contribution in [0.5, 0.6) is 5.75 Å². The molecule has 5 aromatic rings. The number of amides is 1. The topological polar surface area (TPSA) is 68.5 Å².